The molecule has 0 aromatic rings. The molecule has 1 saturated heterocycles. The molecule has 19 heavy (non-hydrogen) atoms. The summed E-state index contributed by atoms with van der Waals surface area (Å²) < 4.78 is 0. The second-order valence-corrected chi connectivity index (χ2v) is 6.09. The standard InChI is InChI=1S/C13H22N2O4/c1-12(2)8-9(16)15(10(12)17)7-5-4-6-13(3,14)11(18)19/h4-8,14H2,1-3H3,(H,18,19). The number of hydrogen-bond donors (Lipinski definition) is 2. The summed E-state index contributed by atoms with van der Waals surface area (Å²) in [5.41, 5.74) is 3.74. The van der Waals surface area contributed by atoms with Crippen LogP contribution < -0.4 is 5.73 Å². The van der Waals surface area contributed by atoms with Gasteiger partial charge in [0.25, 0.3) is 0 Å². The Bertz CT molecular complexity index is 401. The number of nitrogens with two attached hydrogens (primary N) is 1. The molecular formula is C13H22N2O4. The molecule has 108 valence electrons. The number of carbonyl (C=O) groups is 3. The SMILES string of the molecule is CC1(C)CC(=O)N(CCCCC(C)(N)C(=O)O)C1=O. The minimum Gasteiger partial charge on any atom is -0.480 e. The first kappa shape index (κ1) is 15.6. The Labute approximate surface area is 112 Å². The summed E-state index contributed by atoms with van der Waals surface area (Å²) in [6, 6.07) is 0. The first-order chi connectivity index (χ1) is 8.58. The first-order valence-electron chi connectivity index (χ1n) is 6.45. The molecule has 2 amide bonds. The van der Waals surface area contributed by atoms with E-state index in [1.165, 1.54) is 11.8 Å². The van der Waals surface area contributed by atoms with E-state index in [1.54, 1.807) is 13.8 Å². The molecule has 0 aliphatic carbocycles. The zero-order valence-electron chi connectivity index (χ0n) is 11.7. The van der Waals surface area contributed by atoms with E-state index in [1.807, 2.05) is 0 Å². The lowest BCUT2D eigenvalue weighted by molar-refractivity contribution is -0.143. The highest BCUT2D eigenvalue weighted by Crippen LogP contribution is 2.31. The van der Waals surface area contributed by atoms with E-state index < -0.39 is 16.9 Å². The highest BCUT2D eigenvalue weighted by atomic mass is 16.4. The zero-order chi connectivity index (χ0) is 14.8. The number of amides is 2. The van der Waals surface area contributed by atoms with Crippen LogP contribution in [0.4, 0.5) is 0 Å². The number of carboxylic acids is 1. The highest BCUT2D eigenvalue weighted by Gasteiger charge is 2.44. The lowest BCUT2D eigenvalue weighted by Gasteiger charge is -2.20. The Hall–Kier alpha value is -1.43. The number of nitrogens with zero attached hydrogens (tertiary/aromatic N) is 1. The van der Waals surface area contributed by atoms with Gasteiger partial charge in [0.05, 0.1) is 5.41 Å². The van der Waals surface area contributed by atoms with Crippen molar-refractivity contribution in [1.29, 1.82) is 0 Å². The molecule has 1 unspecified atom stereocenters. The maximum atomic E-state index is 11.9. The van der Waals surface area contributed by atoms with Crippen LogP contribution in [0.25, 0.3) is 0 Å². The van der Waals surface area contributed by atoms with E-state index in [0.29, 0.717) is 25.8 Å². The minimum atomic E-state index is -1.25. The van der Waals surface area contributed by atoms with Crippen LogP contribution in [0.5, 0.6) is 0 Å². The van der Waals surface area contributed by atoms with E-state index in [0.717, 1.165) is 0 Å². The maximum Gasteiger partial charge on any atom is 0.323 e. The van der Waals surface area contributed by atoms with Crippen LogP contribution >= 0.6 is 0 Å². The van der Waals surface area contributed by atoms with Crippen molar-refractivity contribution >= 4 is 17.8 Å². The molecule has 6 heteroatoms. The van der Waals surface area contributed by atoms with Gasteiger partial charge in [0.1, 0.15) is 5.54 Å². The van der Waals surface area contributed by atoms with Crippen LogP contribution in [0.2, 0.25) is 0 Å². The van der Waals surface area contributed by atoms with Gasteiger partial charge in [0, 0.05) is 13.0 Å². The average Bonchev–Trinajstić information content (AvgIpc) is 2.45. The van der Waals surface area contributed by atoms with Crippen molar-refractivity contribution in [3.8, 4) is 0 Å². The molecule has 0 saturated carbocycles. The molecular weight excluding hydrogens is 248 g/mol. The van der Waals surface area contributed by atoms with E-state index in [2.05, 4.69) is 0 Å². The number of hydrogen-bond acceptors (Lipinski definition) is 4. The minimum absolute atomic E-state index is 0.147. The zero-order valence-corrected chi connectivity index (χ0v) is 11.7. The smallest absolute Gasteiger partial charge is 0.323 e. The van der Waals surface area contributed by atoms with Crippen LogP contribution in [0, 0.1) is 5.41 Å². The van der Waals surface area contributed by atoms with Crippen molar-refractivity contribution in [2.45, 2.75) is 52.0 Å². The fraction of sp³-hybridized carbons (Fsp3) is 0.769. The number of likely N-dealkylation sites (tertiary alicyclic amines) is 1. The van der Waals surface area contributed by atoms with Crippen LogP contribution in [0.1, 0.15) is 46.5 Å². The van der Waals surface area contributed by atoms with Gasteiger partial charge in [-0.2, -0.15) is 0 Å². The summed E-state index contributed by atoms with van der Waals surface area (Å²) in [6.45, 7) is 5.32. The number of aliphatic carboxylic acids is 1. The summed E-state index contributed by atoms with van der Waals surface area (Å²) in [7, 11) is 0. The number of unbranched alkanes of at least 4 members (excludes halogenated alkanes) is 1. The lowest BCUT2D eigenvalue weighted by Crippen LogP contribution is -2.44. The van der Waals surface area contributed by atoms with Crippen molar-refractivity contribution < 1.29 is 19.5 Å². The Balaban J connectivity index is 2.41. The van der Waals surface area contributed by atoms with Crippen molar-refractivity contribution in [3.05, 3.63) is 0 Å². The van der Waals surface area contributed by atoms with Gasteiger partial charge in [-0.15, -0.1) is 0 Å². The maximum absolute atomic E-state index is 11.9. The van der Waals surface area contributed by atoms with Crippen molar-refractivity contribution in [2.75, 3.05) is 6.54 Å². The van der Waals surface area contributed by atoms with Crippen LogP contribution in [0.3, 0.4) is 0 Å². The van der Waals surface area contributed by atoms with Crippen LogP contribution in [-0.2, 0) is 14.4 Å². The molecule has 6 nitrogen and oxygen atoms in total. The van der Waals surface area contributed by atoms with Crippen molar-refractivity contribution in [3.63, 3.8) is 0 Å². The molecule has 1 heterocycles. The van der Waals surface area contributed by atoms with Gasteiger partial charge in [-0.05, 0) is 26.2 Å². The van der Waals surface area contributed by atoms with Crippen molar-refractivity contribution in [2.24, 2.45) is 11.1 Å². The summed E-state index contributed by atoms with van der Waals surface area (Å²) in [5, 5.41) is 8.86. The Morgan fingerprint density at radius 1 is 1.42 bits per heavy atom. The fourth-order valence-corrected chi connectivity index (χ4v) is 2.12. The molecule has 1 rings (SSSR count). The van der Waals surface area contributed by atoms with Gasteiger partial charge in [-0.3, -0.25) is 19.3 Å². The third-order valence-corrected chi connectivity index (χ3v) is 3.53. The second kappa shape index (κ2) is 5.28. The van der Waals surface area contributed by atoms with E-state index in [-0.39, 0.29) is 18.2 Å². The van der Waals surface area contributed by atoms with Gasteiger partial charge >= 0.3 is 5.97 Å². The van der Waals surface area contributed by atoms with Gasteiger partial charge < -0.3 is 10.8 Å². The van der Waals surface area contributed by atoms with Gasteiger partial charge in [0.15, 0.2) is 0 Å². The predicted octanol–water partition coefficient (Wildman–Crippen LogP) is 0.744. The van der Waals surface area contributed by atoms with Crippen LogP contribution in [0.15, 0.2) is 0 Å². The monoisotopic (exact) mass is 270 g/mol. The summed E-state index contributed by atoms with van der Waals surface area (Å²) in [4.78, 5) is 35.7. The van der Waals surface area contributed by atoms with Gasteiger partial charge in [-0.1, -0.05) is 13.8 Å². The summed E-state index contributed by atoms with van der Waals surface area (Å²) in [5.74, 6) is -1.34. The molecule has 0 aromatic carbocycles. The van der Waals surface area contributed by atoms with E-state index >= 15 is 0 Å². The molecule has 0 radical (unpaired) electrons. The molecule has 0 bridgehead atoms. The van der Waals surface area contributed by atoms with Crippen molar-refractivity contribution in [1.82, 2.24) is 4.90 Å². The number of carboxylic acid groups (broad SMARTS) is 1. The third-order valence-electron chi connectivity index (χ3n) is 3.53. The average molecular weight is 270 g/mol. The fourth-order valence-electron chi connectivity index (χ4n) is 2.12. The molecule has 3 N–H and O–H groups in total. The number of rotatable bonds is 6. The van der Waals surface area contributed by atoms with Gasteiger partial charge in [-0.25, -0.2) is 0 Å². The normalized spacial score (nSPS) is 21.6. The Kier molecular flexibility index (Phi) is 4.35. The quantitative estimate of drug-likeness (QED) is 0.547. The highest BCUT2D eigenvalue weighted by molar-refractivity contribution is 6.05. The predicted molar refractivity (Wildman–Crippen MR) is 69.2 cm³/mol. The number of carbonyl (C=O) groups excluding carboxylic acids is 2. The first-order valence-corrected chi connectivity index (χ1v) is 6.45. The summed E-state index contributed by atoms with van der Waals surface area (Å²) in [6.07, 6.45) is 1.71. The molecule has 1 atom stereocenters. The van der Waals surface area contributed by atoms with E-state index in [4.69, 9.17) is 10.8 Å². The Morgan fingerprint density at radius 2 is 2.00 bits per heavy atom. The second-order valence-electron chi connectivity index (χ2n) is 6.09. The van der Waals surface area contributed by atoms with E-state index in [9.17, 15) is 14.4 Å². The lowest BCUT2D eigenvalue weighted by atomic mass is 9.92. The Morgan fingerprint density at radius 3 is 2.42 bits per heavy atom. The largest absolute Gasteiger partial charge is 0.480 e. The molecule has 1 fully saturated rings. The van der Waals surface area contributed by atoms with Gasteiger partial charge in [0.2, 0.25) is 11.8 Å². The molecule has 1 aliphatic heterocycles. The third kappa shape index (κ3) is 3.53. The molecule has 0 spiro atoms. The molecule has 0 aromatic heterocycles. The molecule has 1 aliphatic rings. The summed E-state index contributed by atoms with van der Waals surface area (Å²) >= 11 is 0. The van der Waals surface area contributed by atoms with Crippen LogP contribution in [-0.4, -0.2) is 39.9 Å². The number of imide groups is 1. The topological polar surface area (TPSA) is 101 Å².